The van der Waals surface area contributed by atoms with Crippen molar-refractivity contribution in [3.8, 4) is 16.9 Å². The minimum atomic E-state index is 0.564. The summed E-state index contributed by atoms with van der Waals surface area (Å²) in [4.78, 5) is 0. The average molecular weight is 274 g/mol. The summed E-state index contributed by atoms with van der Waals surface area (Å²) in [6.07, 6.45) is 7.39. The van der Waals surface area contributed by atoms with Gasteiger partial charge in [-0.15, -0.1) is 0 Å². The van der Waals surface area contributed by atoms with Gasteiger partial charge in [0.2, 0.25) is 0 Å². The molecule has 3 heterocycles. The van der Waals surface area contributed by atoms with E-state index in [1.807, 2.05) is 45.9 Å². The van der Waals surface area contributed by atoms with Gasteiger partial charge in [0, 0.05) is 41.6 Å². The van der Waals surface area contributed by atoms with Crippen molar-refractivity contribution in [2.45, 2.75) is 0 Å². The van der Waals surface area contributed by atoms with Gasteiger partial charge in [0.15, 0.2) is 0 Å². The number of imidazole rings is 1. The van der Waals surface area contributed by atoms with Gasteiger partial charge in [-0.25, -0.2) is 4.52 Å². The summed E-state index contributed by atoms with van der Waals surface area (Å²) in [5.41, 5.74) is 10.7. The Bertz CT molecular complexity index is 918. The predicted molar refractivity (Wildman–Crippen MR) is 81.9 cm³/mol. The summed E-state index contributed by atoms with van der Waals surface area (Å²) < 4.78 is 3.82. The summed E-state index contributed by atoms with van der Waals surface area (Å²) in [5, 5.41) is 11.3. The normalized spacial score (nSPS) is 11.2. The molecule has 0 unspecified atom stereocenters. The summed E-state index contributed by atoms with van der Waals surface area (Å²) in [5.74, 6) is 0. The van der Waals surface area contributed by atoms with E-state index in [0.717, 1.165) is 22.6 Å². The van der Waals surface area contributed by atoms with E-state index >= 15 is 0 Å². The molecule has 3 aromatic heterocycles. The summed E-state index contributed by atoms with van der Waals surface area (Å²) in [6, 6.07) is 7.57. The first-order chi connectivity index (χ1) is 10.2. The van der Waals surface area contributed by atoms with E-state index in [9.17, 15) is 0 Å². The number of nitrogens with zero attached hydrogens (tertiary/aromatic N) is 4. The molecule has 4 aromatic rings. The molecule has 3 N–H and O–H groups in total. The van der Waals surface area contributed by atoms with Crippen molar-refractivity contribution in [2.24, 2.45) is 0 Å². The van der Waals surface area contributed by atoms with E-state index in [0.29, 0.717) is 11.2 Å². The SMILES string of the molecule is [B]c1ccc(-n2ccn3nc(-c4cn[nH]c4)cc23)cc1N. The molecule has 1 aromatic carbocycles. The van der Waals surface area contributed by atoms with Crippen molar-refractivity contribution >= 4 is 24.6 Å². The molecule has 100 valence electrons. The van der Waals surface area contributed by atoms with Crippen molar-refractivity contribution in [2.75, 3.05) is 5.73 Å². The summed E-state index contributed by atoms with van der Waals surface area (Å²) >= 11 is 0. The van der Waals surface area contributed by atoms with Crippen molar-refractivity contribution in [1.82, 2.24) is 24.4 Å². The van der Waals surface area contributed by atoms with E-state index in [-0.39, 0.29) is 0 Å². The molecule has 0 saturated heterocycles. The molecule has 0 spiro atoms. The summed E-state index contributed by atoms with van der Waals surface area (Å²) in [7, 11) is 5.76. The van der Waals surface area contributed by atoms with Gasteiger partial charge >= 0.3 is 0 Å². The monoisotopic (exact) mass is 274 g/mol. The smallest absolute Gasteiger partial charge is 0.140 e. The molecule has 2 radical (unpaired) electrons. The highest BCUT2D eigenvalue weighted by Crippen LogP contribution is 2.21. The van der Waals surface area contributed by atoms with E-state index in [1.54, 1.807) is 12.3 Å². The topological polar surface area (TPSA) is 76.9 Å². The molecule has 0 aliphatic heterocycles. The lowest BCUT2D eigenvalue weighted by Gasteiger charge is -2.06. The highest BCUT2D eigenvalue weighted by atomic mass is 15.3. The number of hydrogen-bond acceptors (Lipinski definition) is 3. The van der Waals surface area contributed by atoms with Crippen LogP contribution in [0, 0.1) is 0 Å². The fourth-order valence-electron chi connectivity index (χ4n) is 2.34. The number of anilines is 1. The Kier molecular flexibility index (Phi) is 2.41. The van der Waals surface area contributed by atoms with E-state index in [1.165, 1.54) is 0 Å². The maximum Gasteiger partial charge on any atom is 0.140 e. The zero-order chi connectivity index (χ0) is 14.4. The molecule has 7 heteroatoms. The number of nitrogens with one attached hydrogen (secondary N) is 1. The lowest BCUT2D eigenvalue weighted by Crippen LogP contribution is -2.10. The molecule has 6 nitrogen and oxygen atoms in total. The number of nitrogens with two attached hydrogens (primary N) is 1. The van der Waals surface area contributed by atoms with Crippen LogP contribution in [0.2, 0.25) is 0 Å². The highest BCUT2D eigenvalue weighted by molar-refractivity contribution is 6.35. The third kappa shape index (κ3) is 1.82. The molecule has 0 fully saturated rings. The maximum absolute atomic E-state index is 5.88. The number of fused-ring (bicyclic) bond motifs is 1. The van der Waals surface area contributed by atoms with E-state index < -0.39 is 0 Å². The second-order valence-electron chi connectivity index (χ2n) is 4.80. The van der Waals surface area contributed by atoms with Crippen molar-refractivity contribution in [3.05, 3.63) is 49.1 Å². The molecule has 0 aliphatic rings. The van der Waals surface area contributed by atoms with Crippen LogP contribution >= 0.6 is 0 Å². The Labute approximate surface area is 121 Å². The minimum Gasteiger partial charge on any atom is -0.399 e. The van der Waals surface area contributed by atoms with Crippen LogP contribution in [0.15, 0.2) is 49.1 Å². The second-order valence-corrected chi connectivity index (χ2v) is 4.80. The predicted octanol–water partition coefficient (Wildman–Crippen LogP) is 0.891. The largest absolute Gasteiger partial charge is 0.399 e. The van der Waals surface area contributed by atoms with Crippen LogP contribution in [0.5, 0.6) is 0 Å². The zero-order valence-electron chi connectivity index (χ0n) is 11.1. The standard InChI is InChI=1S/C14H11BN6/c15-11-2-1-10(5-12(11)16)20-3-4-21-14(20)6-13(19-21)9-7-17-18-8-9/h1-8H,16H2,(H,17,18). The van der Waals surface area contributed by atoms with Gasteiger partial charge in [0.1, 0.15) is 13.5 Å². The average Bonchev–Trinajstić information content (AvgIpc) is 3.15. The number of nitrogen functional groups attached to an aromatic ring is 1. The van der Waals surface area contributed by atoms with Gasteiger partial charge in [-0.3, -0.25) is 5.10 Å². The summed E-state index contributed by atoms with van der Waals surface area (Å²) in [6.45, 7) is 0. The first kappa shape index (κ1) is 11.8. The number of rotatable bonds is 2. The minimum absolute atomic E-state index is 0.564. The number of H-pyrrole nitrogens is 1. The fraction of sp³-hybridized carbons (Fsp3) is 0. The number of benzene rings is 1. The van der Waals surface area contributed by atoms with Crippen LogP contribution in [0.1, 0.15) is 0 Å². The van der Waals surface area contributed by atoms with Crippen LogP contribution in [-0.4, -0.2) is 32.2 Å². The quantitative estimate of drug-likeness (QED) is 0.421. The van der Waals surface area contributed by atoms with Crippen molar-refractivity contribution < 1.29 is 0 Å². The fourth-order valence-corrected chi connectivity index (χ4v) is 2.34. The van der Waals surface area contributed by atoms with Gasteiger partial charge in [0.25, 0.3) is 0 Å². The van der Waals surface area contributed by atoms with Crippen LogP contribution in [0.3, 0.4) is 0 Å². The van der Waals surface area contributed by atoms with Crippen LogP contribution in [0.4, 0.5) is 5.69 Å². The molecule has 21 heavy (non-hydrogen) atoms. The van der Waals surface area contributed by atoms with E-state index in [2.05, 4.69) is 15.3 Å². The van der Waals surface area contributed by atoms with E-state index in [4.69, 9.17) is 13.6 Å². The Morgan fingerprint density at radius 2 is 2.10 bits per heavy atom. The molecule has 4 rings (SSSR count). The number of hydrogen-bond donors (Lipinski definition) is 2. The van der Waals surface area contributed by atoms with Crippen LogP contribution < -0.4 is 11.2 Å². The second kappa shape index (κ2) is 4.27. The third-order valence-electron chi connectivity index (χ3n) is 3.46. The van der Waals surface area contributed by atoms with Gasteiger partial charge in [0.05, 0.1) is 11.9 Å². The molecule has 0 atom stereocenters. The van der Waals surface area contributed by atoms with Crippen LogP contribution in [-0.2, 0) is 0 Å². The van der Waals surface area contributed by atoms with Crippen molar-refractivity contribution in [3.63, 3.8) is 0 Å². The molecular formula is C14H11BN6. The molecule has 0 saturated carbocycles. The molecule has 0 aliphatic carbocycles. The number of aromatic amines is 1. The number of aromatic nitrogens is 5. The van der Waals surface area contributed by atoms with Gasteiger partial charge in [-0.05, 0) is 12.1 Å². The Morgan fingerprint density at radius 1 is 1.19 bits per heavy atom. The van der Waals surface area contributed by atoms with Gasteiger partial charge in [-0.1, -0.05) is 11.5 Å². The Morgan fingerprint density at radius 3 is 2.86 bits per heavy atom. The maximum atomic E-state index is 5.88. The zero-order valence-corrected chi connectivity index (χ0v) is 11.1. The first-order valence-electron chi connectivity index (χ1n) is 6.43. The van der Waals surface area contributed by atoms with Gasteiger partial charge < -0.3 is 10.3 Å². The highest BCUT2D eigenvalue weighted by Gasteiger charge is 2.10. The first-order valence-corrected chi connectivity index (χ1v) is 6.43. The Balaban J connectivity index is 1.87. The van der Waals surface area contributed by atoms with Gasteiger partial charge in [-0.2, -0.15) is 10.2 Å². The van der Waals surface area contributed by atoms with Crippen molar-refractivity contribution in [1.29, 1.82) is 0 Å². The third-order valence-corrected chi connectivity index (χ3v) is 3.46. The lowest BCUT2D eigenvalue weighted by atomic mass is 9.94. The molecular weight excluding hydrogens is 263 g/mol. The molecule has 0 bridgehead atoms. The lowest BCUT2D eigenvalue weighted by molar-refractivity contribution is 0.970. The molecule has 0 amide bonds. The Hall–Kier alpha value is -2.96. The van der Waals surface area contributed by atoms with Crippen LogP contribution in [0.25, 0.3) is 22.6 Å².